The average molecular weight is 179 g/mol. The minimum absolute atomic E-state index is 1.12. The molecule has 0 fully saturated rings. The maximum absolute atomic E-state index is 4.26. The Hall–Kier alpha value is -0.890. The van der Waals surface area contributed by atoms with Gasteiger partial charge < -0.3 is 0 Å². The Balaban J connectivity index is 0.000000336. The van der Waals surface area contributed by atoms with E-state index in [0.717, 1.165) is 5.52 Å². The Labute approximate surface area is 77.2 Å². The Kier molecular flexibility index (Phi) is 3.23. The van der Waals surface area contributed by atoms with Crippen LogP contribution in [0.2, 0.25) is 0 Å². The predicted octanol–water partition coefficient (Wildman–Crippen LogP) is 3.63. The molecule has 1 nitrogen and oxygen atoms in total. The molecule has 0 radical (unpaired) electrons. The zero-order valence-electron chi connectivity index (χ0n) is 7.66. The fraction of sp³-hybridized carbons (Fsp3) is 0.300. The SMILES string of the molecule is CC.Cc1snc2ccccc12. The molecule has 0 atom stereocenters. The van der Waals surface area contributed by atoms with Crippen molar-refractivity contribution in [3.05, 3.63) is 29.1 Å². The summed E-state index contributed by atoms with van der Waals surface area (Å²) in [4.78, 5) is 1.30. The van der Waals surface area contributed by atoms with Gasteiger partial charge in [-0.25, -0.2) is 0 Å². The van der Waals surface area contributed by atoms with Gasteiger partial charge >= 0.3 is 0 Å². The van der Waals surface area contributed by atoms with E-state index in [0.29, 0.717) is 0 Å². The lowest BCUT2D eigenvalue weighted by Crippen LogP contribution is -1.64. The van der Waals surface area contributed by atoms with Crippen molar-refractivity contribution in [1.82, 2.24) is 4.37 Å². The number of nitrogens with zero attached hydrogens (tertiary/aromatic N) is 1. The van der Waals surface area contributed by atoms with Crippen molar-refractivity contribution in [1.29, 1.82) is 0 Å². The van der Waals surface area contributed by atoms with Crippen molar-refractivity contribution in [2.75, 3.05) is 0 Å². The second-order valence-corrected chi connectivity index (χ2v) is 3.23. The molecule has 0 amide bonds. The van der Waals surface area contributed by atoms with Crippen LogP contribution in [-0.4, -0.2) is 4.37 Å². The summed E-state index contributed by atoms with van der Waals surface area (Å²) in [7, 11) is 0. The molecule has 2 rings (SSSR count). The number of hydrogen-bond donors (Lipinski definition) is 0. The molecular formula is C10H13NS. The maximum Gasteiger partial charge on any atom is 0.0843 e. The van der Waals surface area contributed by atoms with Gasteiger partial charge in [0.15, 0.2) is 0 Å². The van der Waals surface area contributed by atoms with Gasteiger partial charge in [0.05, 0.1) is 5.52 Å². The molecule has 0 saturated carbocycles. The number of fused-ring (bicyclic) bond motifs is 1. The second-order valence-electron chi connectivity index (χ2n) is 2.26. The lowest BCUT2D eigenvalue weighted by atomic mass is 10.2. The molecule has 12 heavy (non-hydrogen) atoms. The summed E-state index contributed by atoms with van der Waals surface area (Å²) in [6.07, 6.45) is 0. The van der Waals surface area contributed by atoms with E-state index in [-0.39, 0.29) is 0 Å². The fourth-order valence-electron chi connectivity index (χ4n) is 1.02. The molecule has 0 aliphatic rings. The van der Waals surface area contributed by atoms with Crippen LogP contribution in [0.3, 0.4) is 0 Å². The molecule has 0 aliphatic heterocycles. The molecule has 0 unspecified atom stereocenters. The Morgan fingerprint density at radius 1 is 1.17 bits per heavy atom. The number of benzene rings is 1. The lowest BCUT2D eigenvalue weighted by Gasteiger charge is -1.84. The molecule has 0 spiro atoms. The first-order valence-electron chi connectivity index (χ1n) is 4.19. The predicted molar refractivity (Wildman–Crippen MR) is 55.7 cm³/mol. The minimum Gasteiger partial charge on any atom is -0.192 e. The highest BCUT2D eigenvalue weighted by Crippen LogP contribution is 2.19. The summed E-state index contributed by atoms with van der Waals surface area (Å²) >= 11 is 1.57. The fourth-order valence-corrected chi connectivity index (χ4v) is 1.68. The van der Waals surface area contributed by atoms with Crippen LogP contribution in [0.5, 0.6) is 0 Å². The first-order chi connectivity index (χ1) is 5.88. The third-order valence-electron chi connectivity index (χ3n) is 1.56. The van der Waals surface area contributed by atoms with Gasteiger partial charge in [-0.3, -0.25) is 0 Å². The minimum atomic E-state index is 1.12. The number of aromatic nitrogens is 1. The quantitative estimate of drug-likeness (QED) is 0.601. The first-order valence-corrected chi connectivity index (χ1v) is 4.96. The summed E-state index contributed by atoms with van der Waals surface area (Å²) in [5.74, 6) is 0. The molecule has 2 aromatic rings. The van der Waals surface area contributed by atoms with Crippen molar-refractivity contribution < 1.29 is 0 Å². The third-order valence-corrected chi connectivity index (χ3v) is 2.35. The molecule has 0 saturated heterocycles. The molecule has 2 heteroatoms. The normalized spacial score (nSPS) is 9.25. The van der Waals surface area contributed by atoms with Gasteiger partial charge in [-0.15, -0.1) is 0 Å². The summed E-state index contributed by atoms with van der Waals surface area (Å²) in [6, 6.07) is 8.21. The molecule has 1 heterocycles. The van der Waals surface area contributed by atoms with E-state index in [1.807, 2.05) is 32.0 Å². The van der Waals surface area contributed by atoms with E-state index in [9.17, 15) is 0 Å². The van der Waals surface area contributed by atoms with Crippen LogP contribution >= 0.6 is 11.5 Å². The van der Waals surface area contributed by atoms with E-state index in [2.05, 4.69) is 17.4 Å². The zero-order valence-corrected chi connectivity index (χ0v) is 8.48. The zero-order chi connectivity index (χ0) is 8.97. The van der Waals surface area contributed by atoms with E-state index in [1.165, 1.54) is 10.3 Å². The van der Waals surface area contributed by atoms with Crippen LogP contribution in [0.25, 0.3) is 10.9 Å². The Morgan fingerprint density at radius 3 is 2.50 bits per heavy atom. The number of rotatable bonds is 0. The highest BCUT2D eigenvalue weighted by atomic mass is 32.1. The van der Waals surface area contributed by atoms with Crippen LogP contribution in [0.15, 0.2) is 24.3 Å². The van der Waals surface area contributed by atoms with E-state index in [4.69, 9.17) is 0 Å². The van der Waals surface area contributed by atoms with E-state index < -0.39 is 0 Å². The van der Waals surface area contributed by atoms with Gasteiger partial charge in [0.25, 0.3) is 0 Å². The van der Waals surface area contributed by atoms with Gasteiger partial charge in [-0.1, -0.05) is 32.0 Å². The van der Waals surface area contributed by atoms with Crippen LogP contribution in [0.1, 0.15) is 18.7 Å². The summed E-state index contributed by atoms with van der Waals surface area (Å²) in [6.45, 7) is 6.10. The molecule has 0 bridgehead atoms. The smallest absolute Gasteiger partial charge is 0.0843 e. The monoisotopic (exact) mass is 179 g/mol. The Bertz CT molecular complexity index is 351. The molecule has 64 valence electrons. The van der Waals surface area contributed by atoms with Crippen LogP contribution in [0, 0.1) is 6.92 Å². The van der Waals surface area contributed by atoms with E-state index in [1.54, 1.807) is 11.5 Å². The highest BCUT2D eigenvalue weighted by molar-refractivity contribution is 7.07. The lowest BCUT2D eigenvalue weighted by molar-refractivity contribution is 1.50. The average Bonchev–Trinajstić information content (AvgIpc) is 2.53. The Morgan fingerprint density at radius 2 is 1.83 bits per heavy atom. The number of hydrogen-bond acceptors (Lipinski definition) is 2. The largest absolute Gasteiger partial charge is 0.192 e. The van der Waals surface area contributed by atoms with Crippen LogP contribution in [-0.2, 0) is 0 Å². The highest BCUT2D eigenvalue weighted by Gasteiger charge is 1.97. The van der Waals surface area contributed by atoms with Gasteiger partial charge in [0, 0.05) is 10.3 Å². The van der Waals surface area contributed by atoms with Crippen molar-refractivity contribution in [2.24, 2.45) is 0 Å². The van der Waals surface area contributed by atoms with Gasteiger partial charge in [0.1, 0.15) is 0 Å². The van der Waals surface area contributed by atoms with Crippen molar-refractivity contribution >= 4 is 22.4 Å². The van der Waals surface area contributed by atoms with Crippen molar-refractivity contribution in [3.63, 3.8) is 0 Å². The molecule has 1 aromatic carbocycles. The number of aryl methyl sites for hydroxylation is 1. The summed E-state index contributed by atoms with van der Waals surface area (Å²) in [5.41, 5.74) is 1.12. The first kappa shape index (κ1) is 9.20. The summed E-state index contributed by atoms with van der Waals surface area (Å²) in [5, 5.41) is 1.28. The molecule has 1 aromatic heterocycles. The van der Waals surface area contributed by atoms with Gasteiger partial charge in [0.2, 0.25) is 0 Å². The molecule has 0 aliphatic carbocycles. The van der Waals surface area contributed by atoms with Gasteiger partial charge in [-0.05, 0) is 24.5 Å². The topological polar surface area (TPSA) is 12.9 Å². The molecule has 0 N–H and O–H groups in total. The van der Waals surface area contributed by atoms with Crippen LogP contribution < -0.4 is 0 Å². The second kappa shape index (κ2) is 4.21. The third kappa shape index (κ3) is 1.64. The standard InChI is InChI=1S/C8H7NS.C2H6/c1-6-7-4-2-3-5-8(7)9-10-6;1-2/h2-5H,1H3;1-2H3. The van der Waals surface area contributed by atoms with Gasteiger partial charge in [-0.2, -0.15) is 4.37 Å². The molecular weight excluding hydrogens is 166 g/mol. The maximum atomic E-state index is 4.26. The summed E-state index contributed by atoms with van der Waals surface area (Å²) < 4.78 is 4.26. The van der Waals surface area contributed by atoms with Crippen LogP contribution in [0.4, 0.5) is 0 Å². The van der Waals surface area contributed by atoms with Crippen molar-refractivity contribution in [2.45, 2.75) is 20.8 Å². The van der Waals surface area contributed by atoms with Crippen molar-refractivity contribution in [3.8, 4) is 0 Å². The van der Waals surface area contributed by atoms with E-state index >= 15 is 0 Å².